The van der Waals surface area contributed by atoms with Crippen LogP contribution in [-0.4, -0.2) is 16.8 Å². The molecular weight excluding hydrogens is 318 g/mol. The Morgan fingerprint density at radius 3 is 2.58 bits per heavy atom. The molecule has 0 saturated carbocycles. The summed E-state index contributed by atoms with van der Waals surface area (Å²) in [7, 11) is 0. The van der Waals surface area contributed by atoms with E-state index in [1.807, 2.05) is 0 Å². The first-order chi connectivity index (χ1) is 11.2. The van der Waals surface area contributed by atoms with Gasteiger partial charge in [-0.2, -0.15) is 0 Å². The third-order valence-corrected chi connectivity index (χ3v) is 4.21. The van der Waals surface area contributed by atoms with Gasteiger partial charge in [-0.3, -0.25) is 9.69 Å². The van der Waals surface area contributed by atoms with Gasteiger partial charge in [0.1, 0.15) is 17.1 Å². The van der Waals surface area contributed by atoms with Gasteiger partial charge in [-0.1, -0.05) is 12.1 Å². The van der Waals surface area contributed by atoms with E-state index in [2.05, 4.69) is 5.32 Å². The molecule has 1 unspecified atom stereocenters. The van der Waals surface area contributed by atoms with Gasteiger partial charge < -0.3 is 9.73 Å². The van der Waals surface area contributed by atoms with Crippen molar-refractivity contribution in [2.75, 3.05) is 0 Å². The molecule has 1 aliphatic heterocycles. The molecule has 1 atom stereocenters. The lowest BCUT2D eigenvalue weighted by Gasteiger charge is -2.21. The molecule has 1 aliphatic rings. The van der Waals surface area contributed by atoms with Crippen LogP contribution in [0.1, 0.15) is 29.6 Å². The molecule has 2 aromatic rings. The van der Waals surface area contributed by atoms with Crippen LogP contribution in [-0.2, 0) is 16.9 Å². The summed E-state index contributed by atoms with van der Waals surface area (Å²) in [5, 5.41) is 2.62. The molecule has 7 heteroatoms. The minimum absolute atomic E-state index is 0.0668. The van der Waals surface area contributed by atoms with Crippen molar-refractivity contribution in [1.29, 1.82) is 0 Å². The molecule has 1 aromatic heterocycles. The number of benzene rings is 1. The Kier molecular flexibility index (Phi) is 3.66. The van der Waals surface area contributed by atoms with Crippen LogP contribution in [0.15, 0.2) is 28.7 Å². The fourth-order valence-electron chi connectivity index (χ4n) is 2.99. The van der Waals surface area contributed by atoms with E-state index >= 15 is 0 Å². The minimum atomic E-state index is -1.30. The predicted octanol–water partition coefficient (Wildman–Crippen LogP) is 3.14. The first-order valence-electron chi connectivity index (χ1n) is 7.38. The van der Waals surface area contributed by atoms with Gasteiger partial charge in [-0.25, -0.2) is 13.6 Å². The van der Waals surface area contributed by atoms with E-state index in [1.165, 1.54) is 12.1 Å². The number of aryl methyl sites for hydroxylation is 2. The van der Waals surface area contributed by atoms with Gasteiger partial charge in [0.2, 0.25) is 0 Å². The minimum Gasteiger partial charge on any atom is -0.466 e. The summed E-state index contributed by atoms with van der Waals surface area (Å²) < 4.78 is 32.6. The van der Waals surface area contributed by atoms with Crippen LogP contribution >= 0.6 is 0 Å². The number of hydrogen-bond acceptors (Lipinski definition) is 3. The smallest absolute Gasteiger partial charge is 0.325 e. The van der Waals surface area contributed by atoms with E-state index in [0.29, 0.717) is 17.1 Å². The third kappa shape index (κ3) is 2.36. The molecule has 1 aromatic carbocycles. The Bertz CT molecular complexity index is 846. The fourth-order valence-corrected chi connectivity index (χ4v) is 2.99. The molecule has 0 aliphatic carbocycles. The zero-order valence-corrected chi connectivity index (χ0v) is 13.4. The van der Waals surface area contributed by atoms with E-state index in [1.54, 1.807) is 26.8 Å². The van der Waals surface area contributed by atoms with Gasteiger partial charge in [-0.05, 0) is 32.9 Å². The zero-order chi connectivity index (χ0) is 17.6. The fraction of sp³-hybridized carbons (Fsp3) is 0.294. The summed E-state index contributed by atoms with van der Waals surface area (Å²) in [4.78, 5) is 25.9. The van der Waals surface area contributed by atoms with Crippen molar-refractivity contribution in [3.8, 4) is 0 Å². The number of furan rings is 1. The number of rotatable bonds is 3. The molecule has 0 bridgehead atoms. The normalized spacial score (nSPS) is 20.6. The molecule has 0 radical (unpaired) electrons. The molecule has 126 valence electrons. The van der Waals surface area contributed by atoms with Crippen molar-refractivity contribution in [2.45, 2.75) is 32.9 Å². The van der Waals surface area contributed by atoms with Crippen molar-refractivity contribution >= 4 is 11.9 Å². The maximum atomic E-state index is 13.8. The van der Waals surface area contributed by atoms with Crippen LogP contribution in [0.4, 0.5) is 13.6 Å². The number of carbonyl (C=O) groups excluding carboxylic acids is 2. The summed E-state index contributed by atoms with van der Waals surface area (Å²) in [5.41, 5.74) is -0.827. The second-order valence-corrected chi connectivity index (χ2v) is 5.99. The summed E-state index contributed by atoms with van der Waals surface area (Å²) in [5.74, 6) is -1.51. The van der Waals surface area contributed by atoms with Crippen LogP contribution in [0.3, 0.4) is 0 Å². The van der Waals surface area contributed by atoms with Gasteiger partial charge >= 0.3 is 6.03 Å². The monoisotopic (exact) mass is 334 g/mol. The van der Waals surface area contributed by atoms with Crippen molar-refractivity contribution in [1.82, 2.24) is 10.2 Å². The molecule has 24 heavy (non-hydrogen) atoms. The summed E-state index contributed by atoms with van der Waals surface area (Å²) in [6, 6.07) is 4.66. The van der Waals surface area contributed by atoms with E-state index < -0.39 is 29.1 Å². The Labute approximate surface area is 137 Å². The number of amides is 3. The second-order valence-electron chi connectivity index (χ2n) is 5.99. The molecule has 5 nitrogen and oxygen atoms in total. The van der Waals surface area contributed by atoms with E-state index in [-0.39, 0.29) is 12.1 Å². The van der Waals surface area contributed by atoms with Crippen molar-refractivity contribution in [2.24, 2.45) is 0 Å². The highest BCUT2D eigenvalue weighted by Crippen LogP contribution is 2.33. The first kappa shape index (κ1) is 16.2. The standard InChI is InChI=1S/C17H16F2N2O3/c1-9-7-12(10(2)24-9)17(3)15(22)21(16(23)20-17)8-11-5-4-6-13(18)14(11)19/h4-7H,8H2,1-3H3,(H,20,23). The van der Waals surface area contributed by atoms with E-state index in [9.17, 15) is 18.4 Å². The van der Waals surface area contributed by atoms with Gasteiger partial charge in [0.25, 0.3) is 5.91 Å². The Balaban J connectivity index is 1.95. The summed E-state index contributed by atoms with van der Waals surface area (Å²) in [6.45, 7) is 4.65. The van der Waals surface area contributed by atoms with Crippen LogP contribution in [0, 0.1) is 25.5 Å². The van der Waals surface area contributed by atoms with Crippen molar-refractivity contribution in [3.05, 3.63) is 58.5 Å². The number of carbonyl (C=O) groups is 2. The molecule has 1 saturated heterocycles. The molecule has 0 spiro atoms. The quantitative estimate of drug-likeness (QED) is 0.877. The summed E-state index contributed by atoms with van der Waals surface area (Å²) >= 11 is 0. The van der Waals surface area contributed by atoms with Crippen LogP contribution < -0.4 is 5.32 Å². The van der Waals surface area contributed by atoms with E-state index in [0.717, 1.165) is 11.0 Å². The van der Waals surface area contributed by atoms with Gasteiger partial charge in [0.15, 0.2) is 11.6 Å². The molecule has 3 amide bonds. The van der Waals surface area contributed by atoms with Crippen LogP contribution in [0.2, 0.25) is 0 Å². The Hall–Kier alpha value is -2.70. The molecular formula is C17H16F2N2O3. The van der Waals surface area contributed by atoms with Crippen LogP contribution in [0.25, 0.3) is 0 Å². The zero-order valence-electron chi connectivity index (χ0n) is 13.4. The average molecular weight is 334 g/mol. The highest BCUT2D eigenvalue weighted by atomic mass is 19.2. The number of urea groups is 1. The van der Waals surface area contributed by atoms with Crippen LogP contribution in [0.5, 0.6) is 0 Å². The lowest BCUT2D eigenvalue weighted by Crippen LogP contribution is -2.41. The van der Waals surface area contributed by atoms with Gasteiger partial charge in [0, 0.05) is 11.1 Å². The highest BCUT2D eigenvalue weighted by molar-refractivity contribution is 6.07. The van der Waals surface area contributed by atoms with Crippen molar-refractivity contribution < 1.29 is 22.8 Å². The van der Waals surface area contributed by atoms with Gasteiger partial charge in [-0.15, -0.1) is 0 Å². The topological polar surface area (TPSA) is 62.6 Å². The number of nitrogens with one attached hydrogen (secondary N) is 1. The summed E-state index contributed by atoms with van der Waals surface area (Å²) in [6.07, 6.45) is 0. The molecule has 1 N–H and O–H groups in total. The molecule has 2 heterocycles. The number of imide groups is 1. The van der Waals surface area contributed by atoms with E-state index in [4.69, 9.17) is 4.42 Å². The predicted molar refractivity (Wildman–Crippen MR) is 81.0 cm³/mol. The number of nitrogens with zero attached hydrogens (tertiary/aromatic N) is 1. The second kappa shape index (κ2) is 5.43. The lowest BCUT2D eigenvalue weighted by atomic mass is 9.92. The number of halogens is 2. The average Bonchev–Trinajstić information content (AvgIpc) is 2.96. The number of hydrogen-bond donors (Lipinski definition) is 1. The highest BCUT2D eigenvalue weighted by Gasteiger charge is 2.50. The molecule has 1 fully saturated rings. The SMILES string of the molecule is Cc1cc(C2(C)NC(=O)N(Cc3cccc(F)c3F)C2=O)c(C)o1. The molecule has 3 rings (SSSR count). The largest absolute Gasteiger partial charge is 0.466 e. The maximum Gasteiger partial charge on any atom is 0.325 e. The van der Waals surface area contributed by atoms with Crippen molar-refractivity contribution in [3.63, 3.8) is 0 Å². The Morgan fingerprint density at radius 2 is 1.96 bits per heavy atom. The first-order valence-corrected chi connectivity index (χ1v) is 7.38. The lowest BCUT2D eigenvalue weighted by molar-refractivity contribution is -0.131. The third-order valence-electron chi connectivity index (χ3n) is 4.21. The van der Waals surface area contributed by atoms with Gasteiger partial charge in [0.05, 0.1) is 6.54 Å². The Morgan fingerprint density at radius 1 is 1.25 bits per heavy atom. The maximum absolute atomic E-state index is 13.8.